The van der Waals surface area contributed by atoms with E-state index in [-0.39, 0.29) is 0 Å². The molecule has 1 aromatic carbocycles. The Morgan fingerprint density at radius 2 is 1.74 bits per heavy atom. The van der Waals surface area contributed by atoms with Crippen molar-refractivity contribution in [3.8, 4) is 0 Å². The largest absolute Gasteiger partial charge is 0.359 e. The lowest BCUT2D eigenvalue weighted by Crippen LogP contribution is -3.04. The summed E-state index contributed by atoms with van der Waals surface area (Å²) >= 11 is 5.19. The summed E-state index contributed by atoms with van der Waals surface area (Å²) in [4.78, 5) is 1.43. The first-order chi connectivity index (χ1) is 8.97. The van der Waals surface area contributed by atoms with Crippen LogP contribution in [0.3, 0.4) is 0 Å². The summed E-state index contributed by atoms with van der Waals surface area (Å²) in [5.41, 5.74) is 3.66. The summed E-state index contributed by atoms with van der Waals surface area (Å²) in [6.07, 6.45) is 0. The lowest BCUT2D eigenvalue weighted by atomic mass is 10.1. The van der Waals surface area contributed by atoms with Crippen molar-refractivity contribution in [1.29, 1.82) is 0 Å². The SMILES string of the molecule is C=C(C)CNC(=S)NCc1ccc(C[NH+](C)C)cc1. The third-order valence-electron chi connectivity index (χ3n) is 2.58. The first-order valence-electron chi connectivity index (χ1n) is 6.50. The molecule has 3 N–H and O–H groups in total. The first-order valence-corrected chi connectivity index (χ1v) is 6.91. The van der Waals surface area contributed by atoms with Crippen LogP contribution in [0.25, 0.3) is 0 Å². The van der Waals surface area contributed by atoms with Gasteiger partial charge in [-0.2, -0.15) is 0 Å². The van der Waals surface area contributed by atoms with Crippen molar-refractivity contribution in [1.82, 2.24) is 10.6 Å². The zero-order valence-electron chi connectivity index (χ0n) is 12.0. The van der Waals surface area contributed by atoms with Crippen LogP contribution in [-0.2, 0) is 13.1 Å². The third-order valence-corrected chi connectivity index (χ3v) is 2.87. The second-order valence-electron chi connectivity index (χ2n) is 5.19. The van der Waals surface area contributed by atoms with Gasteiger partial charge in [0.25, 0.3) is 0 Å². The molecule has 0 aliphatic rings. The Bertz CT molecular complexity index is 424. The molecule has 0 atom stereocenters. The molecule has 0 aromatic heterocycles. The van der Waals surface area contributed by atoms with Crippen molar-refractivity contribution >= 4 is 17.3 Å². The maximum Gasteiger partial charge on any atom is 0.166 e. The molecule has 0 heterocycles. The van der Waals surface area contributed by atoms with E-state index in [0.29, 0.717) is 5.11 Å². The van der Waals surface area contributed by atoms with Gasteiger partial charge in [-0.3, -0.25) is 0 Å². The molecule has 19 heavy (non-hydrogen) atoms. The van der Waals surface area contributed by atoms with E-state index in [1.807, 2.05) is 6.92 Å². The molecule has 104 valence electrons. The van der Waals surface area contributed by atoms with Gasteiger partial charge in [0, 0.05) is 18.7 Å². The van der Waals surface area contributed by atoms with Gasteiger partial charge in [0.15, 0.2) is 5.11 Å². The number of hydrogen-bond acceptors (Lipinski definition) is 1. The fourth-order valence-corrected chi connectivity index (χ4v) is 1.80. The van der Waals surface area contributed by atoms with Gasteiger partial charge in [-0.25, -0.2) is 0 Å². The molecule has 0 radical (unpaired) electrons. The Labute approximate surface area is 121 Å². The van der Waals surface area contributed by atoms with E-state index < -0.39 is 0 Å². The van der Waals surface area contributed by atoms with Crippen LogP contribution in [0, 0.1) is 0 Å². The second-order valence-corrected chi connectivity index (χ2v) is 5.60. The van der Waals surface area contributed by atoms with Crippen molar-refractivity contribution in [3.05, 3.63) is 47.5 Å². The zero-order valence-corrected chi connectivity index (χ0v) is 12.9. The molecule has 4 heteroatoms. The Kier molecular flexibility index (Phi) is 6.53. The smallest absolute Gasteiger partial charge is 0.166 e. The van der Waals surface area contributed by atoms with Gasteiger partial charge in [0.05, 0.1) is 14.1 Å². The fourth-order valence-electron chi connectivity index (χ4n) is 1.66. The van der Waals surface area contributed by atoms with Crippen LogP contribution in [0.4, 0.5) is 0 Å². The molecule has 0 aliphatic carbocycles. The normalized spacial score (nSPS) is 10.3. The van der Waals surface area contributed by atoms with E-state index in [4.69, 9.17) is 12.2 Å². The molecule has 0 unspecified atom stereocenters. The molecule has 1 rings (SSSR count). The van der Waals surface area contributed by atoms with Crippen molar-refractivity contribution in [2.24, 2.45) is 0 Å². The minimum atomic E-state index is 0.671. The van der Waals surface area contributed by atoms with Gasteiger partial charge in [0.2, 0.25) is 0 Å². The second kappa shape index (κ2) is 7.92. The van der Waals surface area contributed by atoms with Gasteiger partial charge in [0.1, 0.15) is 6.54 Å². The van der Waals surface area contributed by atoms with Crippen LogP contribution in [0.5, 0.6) is 0 Å². The van der Waals surface area contributed by atoms with Gasteiger partial charge in [-0.1, -0.05) is 36.4 Å². The summed E-state index contributed by atoms with van der Waals surface area (Å²) in [5.74, 6) is 0. The minimum absolute atomic E-state index is 0.671. The molecule has 0 spiro atoms. The number of nitrogens with one attached hydrogen (secondary N) is 3. The summed E-state index contributed by atoms with van der Waals surface area (Å²) < 4.78 is 0. The molecule has 3 nitrogen and oxygen atoms in total. The van der Waals surface area contributed by atoms with Crippen LogP contribution in [0.2, 0.25) is 0 Å². The standard InChI is InChI=1S/C15H23N3S/c1-12(2)9-16-15(19)17-10-13-5-7-14(8-6-13)11-18(3)4/h5-8H,1,9-11H2,2-4H3,(H2,16,17,19)/p+1. The van der Waals surface area contributed by atoms with Crippen LogP contribution >= 0.6 is 12.2 Å². The van der Waals surface area contributed by atoms with Gasteiger partial charge in [-0.05, 0) is 24.7 Å². The zero-order chi connectivity index (χ0) is 14.3. The first kappa shape index (κ1) is 15.7. The molecular weight excluding hydrogens is 254 g/mol. The average molecular weight is 278 g/mol. The molecule has 0 aliphatic heterocycles. The van der Waals surface area contributed by atoms with E-state index in [1.165, 1.54) is 16.0 Å². The van der Waals surface area contributed by atoms with Crippen molar-refractivity contribution in [2.45, 2.75) is 20.0 Å². The number of rotatable bonds is 6. The molecule has 0 bridgehead atoms. The topological polar surface area (TPSA) is 28.5 Å². The number of benzene rings is 1. The van der Waals surface area contributed by atoms with Crippen molar-refractivity contribution in [3.63, 3.8) is 0 Å². The highest BCUT2D eigenvalue weighted by Gasteiger charge is 2.00. The summed E-state index contributed by atoms with van der Waals surface area (Å²) in [6.45, 7) is 8.31. The van der Waals surface area contributed by atoms with E-state index >= 15 is 0 Å². The lowest BCUT2D eigenvalue weighted by Gasteiger charge is -2.11. The van der Waals surface area contributed by atoms with E-state index in [1.54, 1.807) is 0 Å². The monoisotopic (exact) mass is 278 g/mol. The molecule has 0 saturated heterocycles. The van der Waals surface area contributed by atoms with E-state index in [2.05, 4.69) is 55.6 Å². The highest BCUT2D eigenvalue weighted by molar-refractivity contribution is 7.80. The van der Waals surface area contributed by atoms with Gasteiger partial charge < -0.3 is 15.5 Å². The van der Waals surface area contributed by atoms with Gasteiger partial charge >= 0.3 is 0 Å². The Morgan fingerprint density at radius 1 is 1.16 bits per heavy atom. The van der Waals surface area contributed by atoms with Crippen LogP contribution < -0.4 is 15.5 Å². The van der Waals surface area contributed by atoms with Gasteiger partial charge in [-0.15, -0.1) is 0 Å². The number of thiocarbonyl (C=S) groups is 1. The summed E-state index contributed by atoms with van der Waals surface area (Å²) in [6, 6.07) is 8.64. The molecule has 0 saturated carbocycles. The maximum absolute atomic E-state index is 5.19. The Morgan fingerprint density at radius 3 is 2.26 bits per heavy atom. The summed E-state index contributed by atoms with van der Waals surface area (Å²) in [5, 5.41) is 6.97. The molecule has 1 aromatic rings. The molecule has 0 amide bonds. The Hall–Kier alpha value is -1.39. The average Bonchev–Trinajstić information content (AvgIpc) is 2.35. The quantitative estimate of drug-likeness (QED) is 0.533. The van der Waals surface area contributed by atoms with E-state index in [9.17, 15) is 0 Å². The highest BCUT2D eigenvalue weighted by Crippen LogP contribution is 2.03. The third kappa shape index (κ3) is 6.94. The van der Waals surface area contributed by atoms with E-state index in [0.717, 1.165) is 25.2 Å². The minimum Gasteiger partial charge on any atom is -0.359 e. The van der Waals surface area contributed by atoms with Crippen LogP contribution in [0.1, 0.15) is 18.1 Å². The molecule has 0 fully saturated rings. The highest BCUT2D eigenvalue weighted by atomic mass is 32.1. The number of hydrogen-bond donors (Lipinski definition) is 3. The predicted octanol–water partition coefficient (Wildman–Crippen LogP) is 0.871. The lowest BCUT2D eigenvalue weighted by molar-refractivity contribution is -0.872. The number of quaternary nitrogens is 1. The maximum atomic E-state index is 5.19. The fraction of sp³-hybridized carbons (Fsp3) is 0.400. The summed E-state index contributed by atoms with van der Waals surface area (Å²) in [7, 11) is 4.31. The van der Waals surface area contributed by atoms with Crippen LogP contribution in [-0.4, -0.2) is 25.8 Å². The van der Waals surface area contributed by atoms with Crippen molar-refractivity contribution in [2.75, 3.05) is 20.6 Å². The van der Waals surface area contributed by atoms with Crippen molar-refractivity contribution < 1.29 is 4.90 Å². The molecular formula is C15H24N3S+. The van der Waals surface area contributed by atoms with Crippen LogP contribution in [0.15, 0.2) is 36.4 Å². The Balaban J connectivity index is 2.37. The predicted molar refractivity (Wildman–Crippen MR) is 85.2 cm³/mol.